The van der Waals surface area contributed by atoms with Gasteiger partial charge in [0.05, 0.1) is 11.3 Å². The molecule has 0 aliphatic heterocycles. The molecule has 0 saturated carbocycles. The van der Waals surface area contributed by atoms with Crippen molar-refractivity contribution >= 4 is 23.2 Å². The molecule has 0 radical (unpaired) electrons. The molecule has 1 aromatic carbocycles. The Labute approximate surface area is 116 Å². The third-order valence-corrected chi connectivity index (χ3v) is 2.89. The van der Waals surface area contributed by atoms with Crippen LogP contribution in [0.5, 0.6) is 0 Å². The summed E-state index contributed by atoms with van der Waals surface area (Å²) < 4.78 is 0. The average molecular weight is 276 g/mol. The quantitative estimate of drug-likeness (QED) is 0.900. The van der Waals surface area contributed by atoms with Crippen LogP contribution in [0.4, 0.5) is 5.69 Å². The molecule has 4 nitrogen and oxygen atoms in total. The van der Waals surface area contributed by atoms with Crippen molar-refractivity contribution < 1.29 is 4.79 Å². The summed E-state index contributed by atoms with van der Waals surface area (Å²) in [7, 11) is 0. The molecule has 0 fully saturated rings. The number of nitrogens with zero attached hydrogens (tertiary/aromatic N) is 1. The van der Waals surface area contributed by atoms with Crippen molar-refractivity contribution in [1.82, 2.24) is 10.3 Å². The first-order valence-corrected chi connectivity index (χ1v) is 6.26. The smallest absolute Gasteiger partial charge is 0.252 e. The van der Waals surface area contributed by atoms with Crippen molar-refractivity contribution in [2.45, 2.75) is 6.42 Å². The van der Waals surface area contributed by atoms with Crippen LogP contribution in [-0.4, -0.2) is 17.4 Å². The van der Waals surface area contributed by atoms with Crippen LogP contribution in [0.25, 0.3) is 0 Å². The molecule has 1 heterocycles. The van der Waals surface area contributed by atoms with Gasteiger partial charge in [-0.15, -0.1) is 0 Å². The highest BCUT2D eigenvalue weighted by atomic mass is 35.5. The lowest BCUT2D eigenvalue weighted by Crippen LogP contribution is -2.25. The molecule has 0 unspecified atom stereocenters. The molecule has 1 amide bonds. The second-order valence-corrected chi connectivity index (χ2v) is 4.58. The Morgan fingerprint density at radius 2 is 2.00 bits per heavy atom. The molecule has 2 aromatic rings. The van der Waals surface area contributed by atoms with Gasteiger partial charge in [-0.2, -0.15) is 0 Å². The molecule has 0 aliphatic rings. The van der Waals surface area contributed by atoms with Crippen molar-refractivity contribution in [3.05, 3.63) is 58.9 Å². The van der Waals surface area contributed by atoms with Crippen molar-refractivity contribution in [3.63, 3.8) is 0 Å². The van der Waals surface area contributed by atoms with E-state index in [9.17, 15) is 4.79 Å². The van der Waals surface area contributed by atoms with Gasteiger partial charge in [-0.1, -0.05) is 23.7 Å². The summed E-state index contributed by atoms with van der Waals surface area (Å²) in [6.07, 6.45) is 3.75. The number of nitrogens with one attached hydrogen (secondary N) is 1. The minimum atomic E-state index is -0.172. The normalized spacial score (nSPS) is 10.2. The van der Waals surface area contributed by atoms with Crippen LogP contribution in [0.15, 0.2) is 42.7 Å². The molecule has 98 valence electrons. The molecule has 2 rings (SSSR count). The summed E-state index contributed by atoms with van der Waals surface area (Å²) in [5.41, 5.74) is 7.64. The number of pyridine rings is 1. The van der Waals surface area contributed by atoms with Gasteiger partial charge < -0.3 is 11.1 Å². The van der Waals surface area contributed by atoms with Crippen molar-refractivity contribution in [1.29, 1.82) is 0 Å². The minimum Gasteiger partial charge on any atom is -0.397 e. The predicted molar refractivity (Wildman–Crippen MR) is 76.1 cm³/mol. The molecule has 3 N–H and O–H groups in total. The number of hydrogen-bond donors (Lipinski definition) is 2. The number of aromatic nitrogens is 1. The number of hydrogen-bond acceptors (Lipinski definition) is 3. The van der Waals surface area contributed by atoms with E-state index in [2.05, 4.69) is 10.3 Å². The molecule has 0 atom stereocenters. The molecule has 0 saturated heterocycles. The largest absolute Gasteiger partial charge is 0.397 e. The van der Waals surface area contributed by atoms with Crippen molar-refractivity contribution in [2.75, 3.05) is 12.3 Å². The van der Waals surface area contributed by atoms with Crippen molar-refractivity contribution in [2.24, 2.45) is 0 Å². The molecule has 0 spiro atoms. The van der Waals surface area contributed by atoms with E-state index in [1.165, 1.54) is 12.4 Å². The number of nitrogen functional groups attached to an aromatic ring is 1. The lowest BCUT2D eigenvalue weighted by Gasteiger charge is -2.05. The molecule has 0 bridgehead atoms. The number of halogens is 1. The molecule has 19 heavy (non-hydrogen) atoms. The number of anilines is 1. The van der Waals surface area contributed by atoms with Crippen LogP contribution in [-0.2, 0) is 6.42 Å². The Morgan fingerprint density at radius 3 is 2.68 bits per heavy atom. The SMILES string of the molecule is Nc1cncc(C(=O)NCCc2ccc(Cl)cc2)c1. The fourth-order valence-electron chi connectivity index (χ4n) is 1.66. The van der Waals surface area contributed by atoms with E-state index in [-0.39, 0.29) is 5.91 Å². The molecule has 0 aliphatic carbocycles. The van der Waals surface area contributed by atoms with E-state index in [1.54, 1.807) is 6.07 Å². The summed E-state index contributed by atoms with van der Waals surface area (Å²) in [6.45, 7) is 0.551. The van der Waals surface area contributed by atoms with Gasteiger partial charge in [-0.3, -0.25) is 9.78 Å². The number of rotatable bonds is 4. The van der Waals surface area contributed by atoms with E-state index in [0.717, 1.165) is 12.0 Å². The number of carbonyl (C=O) groups is 1. The maximum Gasteiger partial charge on any atom is 0.252 e. The number of carbonyl (C=O) groups excluding carboxylic acids is 1. The van der Waals surface area contributed by atoms with Crippen LogP contribution in [0.1, 0.15) is 15.9 Å². The van der Waals surface area contributed by atoms with E-state index in [0.29, 0.717) is 22.8 Å². The number of nitrogens with two attached hydrogens (primary N) is 1. The van der Waals surface area contributed by atoms with E-state index in [1.807, 2.05) is 24.3 Å². The lowest BCUT2D eigenvalue weighted by atomic mass is 10.1. The van der Waals surface area contributed by atoms with E-state index >= 15 is 0 Å². The molecule has 5 heteroatoms. The Balaban J connectivity index is 1.86. The second-order valence-electron chi connectivity index (χ2n) is 4.14. The Kier molecular flexibility index (Phi) is 4.36. The first-order chi connectivity index (χ1) is 9.15. The fraction of sp³-hybridized carbons (Fsp3) is 0.143. The maximum atomic E-state index is 11.8. The maximum absolute atomic E-state index is 11.8. The van der Waals surface area contributed by atoms with Gasteiger partial charge in [-0.25, -0.2) is 0 Å². The highest BCUT2D eigenvalue weighted by Gasteiger charge is 2.05. The first-order valence-electron chi connectivity index (χ1n) is 5.88. The molecular formula is C14H14ClN3O. The predicted octanol–water partition coefficient (Wildman–Crippen LogP) is 2.29. The second kappa shape index (κ2) is 6.20. The summed E-state index contributed by atoms with van der Waals surface area (Å²) in [4.78, 5) is 15.7. The molecule has 1 aromatic heterocycles. The van der Waals surface area contributed by atoms with Gasteiger partial charge in [0.2, 0.25) is 0 Å². The summed E-state index contributed by atoms with van der Waals surface area (Å²) in [5.74, 6) is -0.172. The van der Waals surface area contributed by atoms with Crippen LogP contribution in [0.3, 0.4) is 0 Å². The zero-order valence-electron chi connectivity index (χ0n) is 10.3. The monoisotopic (exact) mass is 275 g/mol. The Morgan fingerprint density at radius 1 is 1.26 bits per heavy atom. The average Bonchev–Trinajstić information content (AvgIpc) is 2.41. The van der Waals surface area contributed by atoms with Crippen LogP contribution >= 0.6 is 11.6 Å². The fourth-order valence-corrected chi connectivity index (χ4v) is 1.78. The highest BCUT2D eigenvalue weighted by molar-refractivity contribution is 6.30. The van der Waals surface area contributed by atoms with E-state index in [4.69, 9.17) is 17.3 Å². The topological polar surface area (TPSA) is 68.0 Å². The third kappa shape index (κ3) is 3.96. The Hall–Kier alpha value is -2.07. The van der Waals surface area contributed by atoms with Crippen LogP contribution < -0.4 is 11.1 Å². The van der Waals surface area contributed by atoms with Gasteiger partial charge in [0, 0.05) is 24.0 Å². The minimum absolute atomic E-state index is 0.172. The zero-order chi connectivity index (χ0) is 13.7. The standard InChI is InChI=1S/C14H14ClN3O/c15-12-3-1-10(2-4-12)5-6-18-14(19)11-7-13(16)9-17-8-11/h1-4,7-9H,5-6,16H2,(H,18,19). The molecular weight excluding hydrogens is 262 g/mol. The number of benzene rings is 1. The van der Waals surface area contributed by atoms with Crippen LogP contribution in [0.2, 0.25) is 5.02 Å². The lowest BCUT2D eigenvalue weighted by molar-refractivity contribution is 0.0954. The summed E-state index contributed by atoms with van der Waals surface area (Å²) in [6, 6.07) is 9.15. The third-order valence-electron chi connectivity index (χ3n) is 2.63. The van der Waals surface area contributed by atoms with Gasteiger partial charge in [0.15, 0.2) is 0 Å². The number of amides is 1. The summed E-state index contributed by atoms with van der Waals surface area (Å²) >= 11 is 5.80. The zero-order valence-corrected chi connectivity index (χ0v) is 11.0. The highest BCUT2D eigenvalue weighted by Crippen LogP contribution is 2.09. The van der Waals surface area contributed by atoms with Gasteiger partial charge in [0.1, 0.15) is 0 Å². The first kappa shape index (κ1) is 13.4. The van der Waals surface area contributed by atoms with Gasteiger partial charge in [-0.05, 0) is 30.2 Å². The van der Waals surface area contributed by atoms with Gasteiger partial charge in [0.25, 0.3) is 5.91 Å². The van der Waals surface area contributed by atoms with Crippen LogP contribution in [0, 0.1) is 0 Å². The Bertz CT molecular complexity index is 569. The van der Waals surface area contributed by atoms with Gasteiger partial charge >= 0.3 is 0 Å². The summed E-state index contributed by atoms with van der Waals surface area (Å²) in [5, 5.41) is 3.53. The van der Waals surface area contributed by atoms with E-state index < -0.39 is 0 Å². The van der Waals surface area contributed by atoms with Crippen molar-refractivity contribution in [3.8, 4) is 0 Å².